The Labute approximate surface area is 269 Å². The van der Waals surface area contributed by atoms with Gasteiger partial charge in [0.1, 0.15) is 24.6 Å². The summed E-state index contributed by atoms with van der Waals surface area (Å²) in [5, 5.41) is 8.26. The summed E-state index contributed by atoms with van der Waals surface area (Å²) >= 11 is 0. The molecule has 0 saturated carbocycles. The van der Waals surface area contributed by atoms with Crippen LogP contribution in [0.15, 0.2) is 12.3 Å². The van der Waals surface area contributed by atoms with E-state index in [9.17, 15) is 38.4 Å². The molecule has 0 fully saturated rings. The van der Waals surface area contributed by atoms with Crippen LogP contribution in [-0.2, 0) is 28.7 Å². The molecule has 0 spiro atoms. The molecule has 260 valence electrons. The van der Waals surface area contributed by atoms with E-state index in [4.69, 9.17) is 9.47 Å². The molecule has 0 aliphatic heterocycles. The number of likely N-dealkylation sites (N-methyl/N-ethyl adjacent to an activating group) is 3. The zero-order chi connectivity index (χ0) is 35.9. The van der Waals surface area contributed by atoms with Crippen LogP contribution in [-0.4, -0.2) is 134 Å². The minimum absolute atomic E-state index is 0.118. The fourth-order valence-corrected chi connectivity index (χ4v) is 3.63. The van der Waals surface area contributed by atoms with Crippen molar-refractivity contribution in [2.24, 2.45) is 0 Å². The van der Waals surface area contributed by atoms with Gasteiger partial charge in [0.05, 0.1) is 5.60 Å². The van der Waals surface area contributed by atoms with Crippen LogP contribution in [0.3, 0.4) is 0 Å². The third-order valence-electron chi connectivity index (χ3n) is 6.63. The van der Waals surface area contributed by atoms with Gasteiger partial charge < -0.3 is 29.9 Å². The quantitative estimate of drug-likeness (QED) is 0.116. The number of ether oxygens (including phenoxy) is 2. The molecule has 2 atom stereocenters. The highest BCUT2D eigenvalue weighted by Gasteiger charge is 2.37. The van der Waals surface area contributed by atoms with Crippen LogP contribution < -0.4 is 21.3 Å². The number of amides is 12. The highest BCUT2D eigenvalue weighted by atomic mass is 16.7. The van der Waals surface area contributed by atoms with Crippen molar-refractivity contribution in [3.63, 3.8) is 0 Å². The number of carbonyl (C=O) groups is 8. The van der Waals surface area contributed by atoms with E-state index in [2.05, 4.69) is 17.2 Å². The monoisotopic (exact) mass is 656 g/mol. The highest BCUT2D eigenvalue weighted by Crippen LogP contribution is 2.22. The summed E-state index contributed by atoms with van der Waals surface area (Å²) in [4.78, 5) is 104. The number of nitrogens with one attached hydrogen (secondary N) is 4. The minimum atomic E-state index is -1.37. The first-order chi connectivity index (χ1) is 21.3. The molecule has 1 unspecified atom stereocenters. The minimum Gasteiger partial charge on any atom is -0.356 e. The average molecular weight is 657 g/mol. The van der Waals surface area contributed by atoms with Crippen LogP contribution in [0.5, 0.6) is 0 Å². The molecule has 18 heteroatoms. The Morgan fingerprint density at radius 1 is 0.848 bits per heavy atom. The van der Waals surface area contributed by atoms with E-state index in [1.165, 1.54) is 35.1 Å². The van der Waals surface area contributed by atoms with Gasteiger partial charge in [0.2, 0.25) is 5.91 Å². The summed E-state index contributed by atoms with van der Waals surface area (Å²) in [5.41, 5.74) is -1.28. The Balaban J connectivity index is 5.78. The van der Waals surface area contributed by atoms with Gasteiger partial charge in [-0.05, 0) is 34.1 Å². The SMILES string of the molecule is C=C(C(=O)N(C)[C@@H](CC(C)(C)OCOCC)C(=O)NC(=O)N(C)C(=O)NC(=O)NC(C)C(=O)N(C)C(=O)NC)N(C)C(=O)CCC. The van der Waals surface area contributed by atoms with Crippen molar-refractivity contribution >= 4 is 47.8 Å². The zero-order valence-electron chi connectivity index (χ0n) is 28.3. The lowest BCUT2D eigenvalue weighted by Gasteiger charge is -2.35. The van der Waals surface area contributed by atoms with Gasteiger partial charge in [-0.2, -0.15) is 0 Å². The maximum atomic E-state index is 13.4. The van der Waals surface area contributed by atoms with Crippen LogP contribution in [0.25, 0.3) is 0 Å². The molecular formula is C28H48N8O10. The van der Waals surface area contributed by atoms with Gasteiger partial charge in [-0.3, -0.25) is 34.7 Å². The molecule has 0 aromatic heterocycles. The van der Waals surface area contributed by atoms with Crippen molar-refractivity contribution in [3.05, 3.63) is 12.3 Å². The third-order valence-corrected chi connectivity index (χ3v) is 6.63. The van der Waals surface area contributed by atoms with E-state index in [1.54, 1.807) is 27.7 Å². The van der Waals surface area contributed by atoms with E-state index in [0.717, 1.165) is 21.7 Å². The first kappa shape index (κ1) is 41.4. The summed E-state index contributed by atoms with van der Waals surface area (Å²) < 4.78 is 10.9. The lowest BCUT2D eigenvalue weighted by atomic mass is 9.97. The van der Waals surface area contributed by atoms with Gasteiger partial charge in [-0.25, -0.2) is 24.1 Å². The topological polar surface area (TPSA) is 216 Å². The van der Waals surface area contributed by atoms with Crippen LogP contribution in [0.2, 0.25) is 0 Å². The number of nitrogens with zero attached hydrogens (tertiary/aromatic N) is 4. The Morgan fingerprint density at radius 2 is 1.41 bits per heavy atom. The van der Waals surface area contributed by atoms with Gasteiger partial charge in [-0.1, -0.05) is 13.5 Å². The molecule has 0 bridgehead atoms. The lowest BCUT2D eigenvalue weighted by Crippen LogP contribution is -2.57. The van der Waals surface area contributed by atoms with E-state index >= 15 is 0 Å². The molecule has 0 aliphatic rings. The summed E-state index contributed by atoms with van der Waals surface area (Å²) in [6.07, 6.45) is 0.544. The average Bonchev–Trinajstić information content (AvgIpc) is 3.00. The molecule has 0 aromatic carbocycles. The van der Waals surface area contributed by atoms with Gasteiger partial charge in [0.15, 0.2) is 0 Å². The molecule has 0 rings (SSSR count). The van der Waals surface area contributed by atoms with Crippen molar-refractivity contribution in [2.75, 3.05) is 48.6 Å². The smallest absolute Gasteiger partial charge is 0.333 e. The van der Waals surface area contributed by atoms with Crippen molar-refractivity contribution < 1.29 is 47.8 Å². The first-order valence-corrected chi connectivity index (χ1v) is 14.4. The summed E-state index contributed by atoms with van der Waals surface area (Å²) in [5.74, 6) is -2.95. The molecule has 0 aliphatic carbocycles. The molecule has 0 radical (unpaired) electrons. The van der Waals surface area contributed by atoms with E-state index in [-0.39, 0.29) is 31.2 Å². The van der Waals surface area contributed by atoms with Crippen LogP contribution in [0.4, 0.5) is 19.2 Å². The predicted molar refractivity (Wildman–Crippen MR) is 165 cm³/mol. The maximum Gasteiger partial charge on any atom is 0.333 e. The van der Waals surface area contributed by atoms with E-state index in [1.807, 2.05) is 10.6 Å². The maximum absolute atomic E-state index is 13.4. The van der Waals surface area contributed by atoms with Crippen molar-refractivity contribution in [1.82, 2.24) is 40.9 Å². The van der Waals surface area contributed by atoms with Crippen LogP contribution in [0, 0.1) is 0 Å². The normalized spacial score (nSPS) is 12.0. The Morgan fingerprint density at radius 3 is 1.93 bits per heavy atom. The first-order valence-electron chi connectivity index (χ1n) is 14.4. The molecule has 0 heterocycles. The summed E-state index contributed by atoms with van der Waals surface area (Å²) in [6.45, 7) is 12.0. The van der Waals surface area contributed by atoms with E-state index < -0.39 is 59.5 Å². The van der Waals surface area contributed by atoms with E-state index in [0.29, 0.717) is 17.9 Å². The molecule has 18 nitrogen and oxygen atoms in total. The predicted octanol–water partition coefficient (Wildman–Crippen LogP) is 0.538. The van der Waals surface area contributed by atoms with Crippen LogP contribution in [0.1, 0.15) is 53.9 Å². The molecule has 4 N–H and O–H groups in total. The highest BCUT2D eigenvalue weighted by molar-refractivity contribution is 6.07. The number of rotatable bonds is 14. The number of imide groups is 4. The second-order valence-electron chi connectivity index (χ2n) is 10.7. The molecule has 0 saturated heterocycles. The number of urea groups is 4. The Hall–Kier alpha value is -4.58. The lowest BCUT2D eigenvalue weighted by molar-refractivity contribution is -0.149. The summed E-state index contributed by atoms with van der Waals surface area (Å²) in [7, 11) is 6.11. The zero-order valence-corrected chi connectivity index (χ0v) is 28.3. The fourth-order valence-electron chi connectivity index (χ4n) is 3.63. The second kappa shape index (κ2) is 19.1. The number of hydrogen-bond donors (Lipinski definition) is 4. The van der Waals surface area contributed by atoms with Crippen molar-refractivity contribution in [3.8, 4) is 0 Å². The van der Waals surface area contributed by atoms with Crippen molar-refractivity contribution in [2.45, 2.75) is 71.6 Å². The van der Waals surface area contributed by atoms with Gasteiger partial charge in [0.25, 0.3) is 17.7 Å². The Kier molecular flexibility index (Phi) is 17.2. The number of carbonyl (C=O) groups excluding carboxylic acids is 8. The second-order valence-corrected chi connectivity index (χ2v) is 10.7. The Bertz CT molecular complexity index is 1170. The van der Waals surface area contributed by atoms with Crippen molar-refractivity contribution in [1.29, 1.82) is 0 Å². The van der Waals surface area contributed by atoms with Gasteiger partial charge in [-0.15, -0.1) is 0 Å². The van der Waals surface area contributed by atoms with Crippen LogP contribution >= 0.6 is 0 Å². The molecule has 46 heavy (non-hydrogen) atoms. The van der Waals surface area contributed by atoms with Gasteiger partial charge >= 0.3 is 24.1 Å². The summed E-state index contributed by atoms with van der Waals surface area (Å²) in [6, 6.07) is -7.03. The largest absolute Gasteiger partial charge is 0.356 e. The number of hydrogen-bond acceptors (Lipinski definition) is 10. The molecule has 0 aromatic rings. The molecule has 12 amide bonds. The third kappa shape index (κ3) is 12.8. The molecular weight excluding hydrogens is 608 g/mol. The fraction of sp³-hybridized carbons (Fsp3) is 0.643. The van der Waals surface area contributed by atoms with Gasteiger partial charge in [0, 0.05) is 54.7 Å². The standard InChI is InChI=1S/C28H48N8O10/c1-12-14-20(37)33(8)18(4)23(40)34(9)19(15-28(5,6)46-16-45-13-2)21(38)31-26(43)36(11)27(44)32-24(41)30-17(3)22(39)35(10)25(42)29-7/h17,19H,4,12-16H2,1-3,5-11H3,(H,29,42)(H,31,38,43)(H2,30,32,41,44)/t17?,19-/m0/s1.